The number of amides is 1. The highest BCUT2D eigenvalue weighted by molar-refractivity contribution is 5.95. The number of hydrogen-bond donors (Lipinski definition) is 2. The largest absolute Gasteiger partial charge is 0.496 e. The maximum Gasteiger partial charge on any atom is 0.311 e. The van der Waals surface area contributed by atoms with Crippen molar-refractivity contribution in [1.82, 2.24) is 5.32 Å². The van der Waals surface area contributed by atoms with Crippen LogP contribution in [0.3, 0.4) is 0 Å². The van der Waals surface area contributed by atoms with Crippen molar-refractivity contribution >= 4 is 11.9 Å². The first kappa shape index (κ1) is 16.3. The van der Waals surface area contributed by atoms with Crippen molar-refractivity contribution in [3.8, 4) is 5.75 Å². The van der Waals surface area contributed by atoms with Crippen LogP contribution in [-0.2, 0) is 9.53 Å². The zero-order valence-corrected chi connectivity index (χ0v) is 12.8. The summed E-state index contributed by atoms with van der Waals surface area (Å²) in [6, 6.07) is 5.15. The van der Waals surface area contributed by atoms with Gasteiger partial charge in [0.15, 0.2) is 0 Å². The summed E-state index contributed by atoms with van der Waals surface area (Å²) in [5, 5.41) is 12.2. The number of ether oxygens (including phenoxy) is 2. The van der Waals surface area contributed by atoms with Crippen molar-refractivity contribution in [2.75, 3.05) is 26.9 Å². The molecule has 1 amide bonds. The van der Waals surface area contributed by atoms with E-state index in [1.165, 1.54) is 0 Å². The molecule has 0 radical (unpaired) electrons. The van der Waals surface area contributed by atoms with Crippen LogP contribution >= 0.6 is 0 Å². The smallest absolute Gasteiger partial charge is 0.311 e. The van der Waals surface area contributed by atoms with E-state index in [4.69, 9.17) is 9.47 Å². The molecule has 0 unspecified atom stereocenters. The van der Waals surface area contributed by atoms with E-state index in [1.807, 2.05) is 6.92 Å². The Hall–Kier alpha value is -2.08. The molecule has 1 aromatic rings. The third-order valence-electron chi connectivity index (χ3n) is 4.16. The average molecular weight is 307 g/mol. The lowest BCUT2D eigenvalue weighted by molar-refractivity contribution is -0.154. The lowest BCUT2D eigenvalue weighted by Gasteiger charge is -2.33. The summed E-state index contributed by atoms with van der Waals surface area (Å²) in [6.45, 7) is 2.80. The topological polar surface area (TPSA) is 84.9 Å². The Morgan fingerprint density at radius 1 is 1.36 bits per heavy atom. The average Bonchev–Trinajstić information content (AvgIpc) is 2.53. The molecule has 2 rings (SSSR count). The van der Waals surface area contributed by atoms with Gasteiger partial charge in [0.05, 0.1) is 12.5 Å². The predicted octanol–water partition coefficient (Wildman–Crippen LogP) is 1.61. The number of hydrogen-bond acceptors (Lipinski definition) is 4. The lowest BCUT2D eigenvalue weighted by atomic mass is 9.80. The van der Waals surface area contributed by atoms with E-state index in [0.717, 1.165) is 5.56 Å². The highest BCUT2D eigenvalue weighted by Gasteiger charge is 2.40. The van der Waals surface area contributed by atoms with Crippen LogP contribution in [0.2, 0.25) is 0 Å². The molecule has 22 heavy (non-hydrogen) atoms. The van der Waals surface area contributed by atoms with Gasteiger partial charge < -0.3 is 19.9 Å². The Kier molecular flexibility index (Phi) is 5.03. The van der Waals surface area contributed by atoms with Gasteiger partial charge in [0.1, 0.15) is 5.75 Å². The van der Waals surface area contributed by atoms with E-state index in [1.54, 1.807) is 25.3 Å². The van der Waals surface area contributed by atoms with E-state index >= 15 is 0 Å². The summed E-state index contributed by atoms with van der Waals surface area (Å²) in [7, 11) is 1.55. The standard InChI is InChI=1S/C16H21NO5/c1-11-3-4-12(9-13(11)21-2)14(18)17-10-16(15(19)20)5-7-22-8-6-16/h3-4,9H,5-8,10H2,1-2H3,(H,17,18)(H,19,20). The van der Waals surface area contributed by atoms with Crippen LogP contribution in [0.25, 0.3) is 0 Å². The number of carbonyl (C=O) groups excluding carboxylic acids is 1. The van der Waals surface area contributed by atoms with E-state index in [9.17, 15) is 14.7 Å². The normalized spacial score (nSPS) is 16.8. The van der Waals surface area contributed by atoms with Crippen molar-refractivity contribution in [3.63, 3.8) is 0 Å². The van der Waals surface area contributed by atoms with Gasteiger partial charge in [0, 0.05) is 25.3 Å². The number of nitrogens with one attached hydrogen (secondary N) is 1. The quantitative estimate of drug-likeness (QED) is 0.863. The van der Waals surface area contributed by atoms with Gasteiger partial charge in [-0.25, -0.2) is 0 Å². The Morgan fingerprint density at radius 3 is 2.64 bits per heavy atom. The van der Waals surface area contributed by atoms with Gasteiger partial charge in [0.25, 0.3) is 5.91 Å². The Morgan fingerprint density at radius 2 is 2.05 bits per heavy atom. The molecule has 1 aliphatic heterocycles. The molecule has 2 N–H and O–H groups in total. The van der Waals surface area contributed by atoms with Gasteiger partial charge in [-0.05, 0) is 37.5 Å². The monoisotopic (exact) mass is 307 g/mol. The molecule has 0 aromatic heterocycles. The summed E-state index contributed by atoms with van der Waals surface area (Å²) >= 11 is 0. The van der Waals surface area contributed by atoms with Gasteiger partial charge >= 0.3 is 5.97 Å². The zero-order chi connectivity index (χ0) is 16.2. The SMILES string of the molecule is COc1cc(C(=O)NCC2(C(=O)O)CCOCC2)ccc1C. The zero-order valence-electron chi connectivity index (χ0n) is 12.8. The van der Waals surface area contributed by atoms with Crippen molar-refractivity contribution in [2.24, 2.45) is 5.41 Å². The maximum absolute atomic E-state index is 12.2. The molecule has 6 heteroatoms. The van der Waals surface area contributed by atoms with E-state index in [-0.39, 0.29) is 12.5 Å². The molecule has 1 saturated heterocycles. The minimum atomic E-state index is -0.942. The molecule has 1 aliphatic rings. The Labute approximate surface area is 129 Å². The molecule has 1 heterocycles. The van der Waals surface area contributed by atoms with Crippen LogP contribution in [0.5, 0.6) is 5.75 Å². The van der Waals surface area contributed by atoms with Gasteiger partial charge in [-0.2, -0.15) is 0 Å². The summed E-state index contributed by atoms with van der Waals surface area (Å²) in [5.74, 6) is -0.560. The van der Waals surface area contributed by atoms with Crippen molar-refractivity contribution in [1.29, 1.82) is 0 Å². The molecule has 0 atom stereocenters. The third-order valence-corrected chi connectivity index (χ3v) is 4.16. The molecule has 0 spiro atoms. The maximum atomic E-state index is 12.2. The second-order valence-electron chi connectivity index (χ2n) is 5.56. The van der Waals surface area contributed by atoms with Crippen molar-refractivity contribution < 1.29 is 24.2 Å². The van der Waals surface area contributed by atoms with Gasteiger partial charge in [0.2, 0.25) is 0 Å². The fraction of sp³-hybridized carbons (Fsp3) is 0.500. The highest BCUT2D eigenvalue weighted by atomic mass is 16.5. The first-order chi connectivity index (χ1) is 10.5. The summed E-state index contributed by atoms with van der Waals surface area (Å²) in [6.07, 6.45) is 0.805. The minimum absolute atomic E-state index is 0.0979. The third kappa shape index (κ3) is 3.39. The van der Waals surface area contributed by atoms with Crippen LogP contribution < -0.4 is 10.1 Å². The predicted molar refractivity (Wildman–Crippen MR) is 80.2 cm³/mol. The molecule has 6 nitrogen and oxygen atoms in total. The number of benzene rings is 1. The minimum Gasteiger partial charge on any atom is -0.496 e. The lowest BCUT2D eigenvalue weighted by Crippen LogP contribution is -2.46. The number of aryl methyl sites for hydroxylation is 1. The number of carboxylic acids is 1. The summed E-state index contributed by atoms with van der Waals surface area (Å²) < 4.78 is 10.4. The molecule has 0 saturated carbocycles. The highest BCUT2D eigenvalue weighted by Crippen LogP contribution is 2.30. The van der Waals surface area contributed by atoms with Gasteiger partial charge in [-0.1, -0.05) is 6.07 Å². The molecule has 1 fully saturated rings. The first-order valence-corrected chi connectivity index (χ1v) is 7.22. The Balaban J connectivity index is 2.06. The number of rotatable bonds is 5. The molecule has 0 bridgehead atoms. The first-order valence-electron chi connectivity index (χ1n) is 7.22. The van der Waals surface area contributed by atoms with Crippen molar-refractivity contribution in [2.45, 2.75) is 19.8 Å². The molecule has 0 aliphatic carbocycles. The van der Waals surface area contributed by atoms with Crippen LogP contribution in [0, 0.1) is 12.3 Å². The van der Waals surface area contributed by atoms with Crippen molar-refractivity contribution in [3.05, 3.63) is 29.3 Å². The van der Waals surface area contributed by atoms with Crippen LogP contribution in [0.1, 0.15) is 28.8 Å². The number of aliphatic carboxylic acids is 1. The second-order valence-corrected chi connectivity index (χ2v) is 5.56. The Bertz CT molecular complexity index is 564. The van der Waals surface area contributed by atoms with Gasteiger partial charge in [-0.15, -0.1) is 0 Å². The van der Waals surface area contributed by atoms with E-state index < -0.39 is 11.4 Å². The second kappa shape index (κ2) is 6.79. The molecule has 120 valence electrons. The summed E-state index contributed by atoms with van der Waals surface area (Å²) in [4.78, 5) is 23.8. The molecular weight excluding hydrogens is 286 g/mol. The number of methoxy groups -OCH3 is 1. The van der Waals surface area contributed by atoms with Crippen LogP contribution in [0.15, 0.2) is 18.2 Å². The van der Waals surface area contributed by atoms with Crippen LogP contribution in [0.4, 0.5) is 0 Å². The van der Waals surface area contributed by atoms with Crippen LogP contribution in [-0.4, -0.2) is 43.9 Å². The molecule has 1 aromatic carbocycles. The fourth-order valence-electron chi connectivity index (χ4n) is 2.54. The van der Waals surface area contributed by atoms with E-state index in [0.29, 0.717) is 37.4 Å². The fourth-order valence-corrected chi connectivity index (χ4v) is 2.54. The number of carbonyl (C=O) groups is 2. The number of carboxylic acid groups (broad SMARTS) is 1. The summed E-state index contributed by atoms with van der Waals surface area (Å²) in [5.41, 5.74) is 0.448. The van der Waals surface area contributed by atoms with Gasteiger partial charge in [-0.3, -0.25) is 9.59 Å². The van der Waals surface area contributed by atoms with E-state index in [2.05, 4.69) is 5.32 Å². The molecular formula is C16H21NO5.